The molecule has 0 fully saturated rings. The number of benzene rings is 1. The van der Waals surface area contributed by atoms with Crippen LogP contribution in [-0.2, 0) is 6.54 Å². The summed E-state index contributed by atoms with van der Waals surface area (Å²) in [5.74, 6) is 0.865. The maximum absolute atomic E-state index is 5.60. The van der Waals surface area contributed by atoms with Crippen LogP contribution in [0.1, 0.15) is 18.2 Å². The molecule has 0 radical (unpaired) electrons. The maximum atomic E-state index is 5.60. The number of aryl methyl sites for hydroxylation is 1. The van der Waals surface area contributed by atoms with E-state index in [1.807, 2.05) is 56.6 Å². The van der Waals surface area contributed by atoms with E-state index in [1.165, 1.54) is 0 Å². The van der Waals surface area contributed by atoms with E-state index >= 15 is 0 Å². The van der Waals surface area contributed by atoms with E-state index in [0.29, 0.717) is 13.2 Å². The molecule has 3 aromatic rings. The first-order chi connectivity index (χ1) is 10.3. The molecule has 0 aliphatic carbocycles. The average Bonchev–Trinajstić information content (AvgIpc) is 2.86. The van der Waals surface area contributed by atoms with Gasteiger partial charge in [0.05, 0.1) is 18.0 Å². The molecule has 0 atom stereocenters. The van der Waals surface area contributed by atoms with Crippen molar-refractivity contribution in [3.8, 4) is 5.75 Å². The number of rotatable bonds is 5. The zero-order valence-electron chi connectivity index (χ0n) is 12.2. The van der Waals surface area contributed by atoms with E-state index in [2.05, 4.69) is 15.4 Å². The van der Waals surface area contributed by atoms with Crippen LogP contribution >= 0.6 is 0 Å². The monoisotopic (exact) mass is 282 g/mol. The predicted octanol–water partition coefficient (Wildman–Crippen LogP) is 3.05. The normalized spacial score (nSPS) is 10.8. The molecule has 0 spiro atoms. The highest BCUT2D eigenvalue weighted by Crippen LogP contribution is 2.24. The van der Waals surface area contributed by atoms with Crippen LogP contribution in [0, 0.1) is 6.92 Å². The number of anilines is 1. The summed E-state index contributed by atoms with van der Waals surface area (Å²) < 4.78 is 7.41. The first-order valence-corrected chi connectivity index (χ1v) is 7.03. The average molecular weight is 282 g/mol. The van der Waals surface area contributed by atoms with Gasteiger partial charge in [-0.2, -0.15) is 5.10 Å². The Balaban J connectivity index is 1.76. The molecule has 0 saturated carbocycles. The first-order valence-electron chi connectivity index (χ1n) is 7.03. The highest BCUT2D eigenvalue weighted by molar-refractivity contribution is 5.56. The van der Waals surface area contributed by atoms with Crippen molar-refractivity contribution in [1.82, 2.24) is 14.6 Å². The molecule has 2 aromatic heterocycles. The Morgan fingerprint density at radius 3 is 3.00 bits per heavy atom. The van der Waals surface area contributed by atoms with Crippen molar-refractivity contribution in [2.45, 2.75) is 20.4 Å². The minimum absolute atomic E-state index is 0.652. The second-order valence-electron chi connectivity index (χ2n) is 4.83. The lowest BCUT2D eigenvalue weighted by Gasteiger charge is -2.12. The van der Waals surface area contributed by atoms with Gasteiger partial charge < -0.3 is 10.1 Å². The van der Waals surface area contributed by atoms with Crippen LogP contribution in [0.5, 0.6) is 5.75 Å². The number of hydrogen-bond acceptors (Lipinski definition) is 4. The molecular weight excluding hydrogens is 264 g/mol. The van der Waals surface area contributed by atoms with Crippen LogP contribution in [0.2, 0.25) is 0 Å². The van der Waals surface area contributed by atoms with Gasteiger partial charge in [0.2, 0.25) is 0 Å². The number of aromatic nitrogens is 3. The van der Waals surface area contributed by atoms with Gasteiger partial charge in [0.15, 0.2) is 5.65 Å². The quantitative estimate of drug-likeness (QED) is 0.781. The lowest BCUT2D eigenvalue weighted by atomic mass is 10.2. The summed E-state index contributed by atoms with van der Waals surface area (Å²) in [5.41, 5.74) is 3.88. The van der Waals surface area contributed by atoms with Gasteiger partial charge in [-0.25, -0.2) is 9.50 Å². The molecule has 21 heavy (non-hydrogen) atoms. The number of para-hydroxylation sites is 2. The lowest BCUT2D eigenvalue weighted by Crippen LogP contribution is -2.04. The molecule has 2 heterocycles. The summed E-state index contributed by atoms with van der Waals surface area (Å²) in [5, 5.41) is 7.76. The highest BCUT2D eigenvalue weighted by atomic mass is 16.5. The van der Waals surface area contributed by atoms with Crippen LogP contribution < -0.4 is 10.1 Å². The second kappa shape index (κ2) is 5.83. The highest BCUT2D eigenvalue weighted by Gasteiger charge is 2.04. The van der Waals surface area contributed by atoms with Crippen LogP contribution in [-0.4, -0.2) is 21.2 Å². The van der Waals surface area contributed by atoms with Gasteiger partial charge in [-0.05, 0) is 26.0 Å². The molecule has 1 aromatic carbocycles. The Morgan fingerprint density at radius 1 is 1.29 bits per heavy atom. The van der Waals surface area contributed by atoms with Gasteiger partial charge in [-0.1, -0.05) is 12.1 Å². The topological polar surface area (TPSA) is 51.5 Å². The Kier molecular flexibility index (Phi) is 3.73. The number of nitrogens with one attached hydrogen (secondary N) is 1. The van der Waals surface area contributed by atoms with E-state index in [-0.39, 0.29) is 0 Å². The molecule has 1 N–H and O–H groups in total. The van der Waals surface area contributed by atoms with E-state index in [4.69, 9.17) is 4.74 Å². The standard InChI is InChI=1S/C16H18N4O/c1-3-21-15-7-5-4-6-14(15)17-9-13-10-18-16-8-12(2)19-20(16)11-13/h4-8,10-11,17H,3,9H2,1-2H3. The Bertz CT molecular complexity index is 751. The molecule has 5 heteroatoms. The van der Waals surface area contributed by atoms with Crippen LogP contribution in [0.4, 0.5) is 5.69 Å². The zero-order valence-corrected chi connectivity index (χ0v) is 12.2. The molecule has 5 nitrogen and oxygen atoms in total. The fraction of sp³-hybridized carbons (Fsp3) is 0.250. The molecule has 0 amide bonds. The fourth-order valence-corrected chi connectivity index (χ4v) is 2.22. The summed E-state index contributed by atoms with van der Waals surface area (Å²) in [7, 11) is 0. The maximum Gasteiger partial charge on any atom is 0.155 e. The predicted molar refractivity (Wildman–Crippen MR) is 82.7 cm³/mol. The second-order valence-corrected chi connectivity index (χ2v) is 4.83. The smallest absolute Gasteiger partial charge is 0.155 e. The molecule has 0 aliphatic rings. The molecular formula is C16H18N4O. The van der Waals surface area contributed by atoms with Crippen molar-refractivity contribution in [3.05, 3.63) is 54.0 Å². The Morgan fingerprint density at radius 2 is 2.14 bits per heavy atom. The third-order valence-electron chi connectivity index (χ3n) is 3.16. The third kappa shape index (κ3) is 2.97. The lowest BCUT2D eigenvalue weighted by molar-refractivity contribution is 0.341. The molecule has 3 rings (SSSR count). The summed E-state index contributed by atoms with van der Waals surface area (Å²) in [4.78, 5) is 4.40. The van der Waals surface area contributed by atoms with E-state index < -0.39 is 0 Å². The van der Waals surface area contributed by atoms with Crippen molar-refractivity contribution in [3.63, 3.8) is 0 Å². The van der Waals surface area contributed by atoms with Crippen molar-refractivity contribution in [1.29, 1.82) is 0 Å². The number of nitrogens with zero attached hydrogens (tertiary/aromatic N) is 3. The van der Waals surface area contributed by atoms with Crippen molar-refractivity contribution >= 4 is 11.3 Å². The van der Waals surface area contributed by atoms with Crippen LogP contribution in [0.15, 0.2) is 42.7 Å². The molecule has 0 aliphatic heterocycles. The van der Waals surface area contributed by atoms with Gasteiger partial charge in [0.1, 0.15) is 5.75 Å². The van der Waals surface area contributed by atoms with Crippen molar-refractivity contribution < 1.29 is 4.74 Å². The summed E-state index contributed by atoms with van der Waals surface area (Å²) in [6.45, 7) is 5.27. The molecule has 0 saturated heterocycles. The Labute approximate surface area is 123 Å². The molecule has 0 unspecified atom stereocenters. The first kappa shape index (κ1) is 13.4. The van der Waals surface area contributed by atoms with Crippen molar-refractivity contribution in [2.24, 2.45) is 0 Å². The van der Waals surface area contributed by atoms with E-state index in [1.54, 1.807) is 4.52 Å². The molecule has 0 bridgehead atoms. The van der Waals surface area contributed by atoms with E-state index in [9.17, 15) is 0 Å². The van der Waals surface area contributed by atoms with Gasteiger partial charge in [-0.3, -0.25) is 0 Å². The largest absolute Gasteiger partial charge is 0.492 e. The summed E-state index contributed by atoms with van der Waals surface area (Å²) >= 11 is 0. The minimum Gasteiger partial charge on any atom is -0.492 e. The number of fused-ring (bicyclic) bond motifs is 1. The van der Waals surface area contributed by atoms with Gasteiger partial charge in [-0.15, -0.1) is 0 Å². The third-order valence-corrected chi connectivity index (χ3v) is 3.16. The van der Waals surface area contributed by atoms with Crippen LogP contribution in [0.3, 0.4) is 0 Å². The summed E-state index contributed by atoms with van der Waals surface area (Å²) in [6.07, 6.45) is 3.86. The van der Waals surface area contributed by atoms with E-state index in [0.717, 1.165) is 28.3 Å². The summed E-state index contributed by atoms with van der Waals surface area (Å²) in [6, 6.07) is 9.89. The SMILES string of the molecule is CCOc1ccccc1NCc1cnc2cc(C)nn2c1. The minimum atomic E-state index is 0.652. The fourth-order valence-electron chi connectivity index (χ4n) is 2.22. The number of hydrogen-bond donors (Lipinski definition) is 1. The van der Waals surface area contributed by atoms with Crippen molar-refractivity contribution in [2.75, 3.05) is 11.9 Å². The van der Waals surface area contributed by atoms with Gasteiger partial charge >= 0.3 is 0 Å². The van der Waals surface area contributed by atoms with Crippen LogP contribution in [0.25, 0.3) is 5.65 Å². The van der Waals surface area contributed by atoms with Gasteiger partial charge in [0.25, 0.3) is 0 Å². The number of ether oxygens (including phenoxy) is 1. The van der Waals surface area contributed by atoms with Gasteiger partial charge in [0, 0.05) is 30.6 Å². The Hall–Kier alpha value is -2.56. The molecule has 108 valence electrons. The zero-order chi connectivity index (χ0) is 14.7.